The second kappa shape index (κ2) is 5.83. The summed E-state index contributed by atoms with van der Waals surface area (Å²) in [5.41, 5.74) is 1.96. The highest BCUT2D eigenvalue weighted by Crippen LogP contribution is 2.30. The van der Waals surface area contributed by atoms with Crippen molar-refractivity contribution in [3.63, 3.8) is 0 Å². The molecule has 2 rings (SSSR count). The van der Waals surface area contributed by atoms with Crippen molar-refractivity contribution in [2.75, 3.05) is 18.1 Å². The summed E-state index contributed by atoms with van der Waals surface area (Å²) in [7, 11) is 0. The van der Waals surface area contributed by atoms with Crippen LogP contribution in [0.25, 0.3) is 0 Å². The molecule has 0 aliphatic carbocycles. The first-order valence-electron chi connectivity index (χ1n) is 7.06. The molecule has 1 saturated heterocycles. The second-order valence-electron chi connectivity index (χ2n) is 6.11. The van der Waals surface area contributed by atoms with Crippen LogP contribution in [0.2, 0.25) is 0 Å². The summed E-state index contributed by atoms with van der Waals surface area (Å²) in [6.07, 6.45) is 1.71. The van der Waals surface area contributed by atoms with Crippen LogP contribution in [0.1, 0.15) is 32.3 Å². The van der Waals surface area contributed by atoms with E-state index in [4.69, 9.17) is 4.74 Å². The lowest BCUT2D eigenvalue weighted by Gasteiger charge is -2.41. The molecule has 0 amide bonds. The van der Waals surface area contributed by atoms with Crippen molar-refractivity contribution in [3.8, 4) is 0 Å². The number of benzene rings is 1. The molecule has 1 aliphatic rings. The van der Waals surface area contributed by atoms with Crippen molar-refractivity contribution in [1.82, 2.24) is 0 Å². The van der Waals surface area contributed by atoms with E-state index < -0.39 is 5.97 Å². The summed E-state index contributed by atoms with van der Waals surface area (Å²) in [5.74, 6) is -0.796. The average molecular weight is 277 g/mol. The monoisotopic (exact) mass is 277 g/mol. The highest BCUT2D eigenvalue weighted by Gasteiger charge is 2.33. The van der Waals surface area contributed by atoms with Gasteiger partial charge < -0.3 is 14.7 Å². The first-order valence-corrected chi connectivity index (χ1v) is 7.06. The molecule has 1 atom stereocenters. The van der Waals surface area contributed by atoms with Crippen molar-refractivity contribution in [3.05, 3.63) is 29.8 Å². The molecular weight excluding hydrogens is 254 g/mol. The SMILES string of the molecule is Cc1ccc(N(CC(=O)O)C2CCOC(C)(C)C2)cc1. The van der Waals surface area contributed by atoms with Gasteiger partial charge in [-0.15, -0.1) is 0 Å². The molecule has 20 heavy (non-hydrogen) atoms. The van der Waals surface area contributed by atoms with Crippen LogP contribution < -0.4 is 4.90 Å². The molecule has 0 spiro atoms. The standard InChI is InChI=1S/C16H23NO3/c1-12-4-6-13(7-5-12)17(11-15(18)19)14-8-9-20-16(2,3)10-14/h4-7,14H,8-11H2,1-3H3,(H,18,19). The summed E-state index contributed by atoms with van der Waals surface area (Å²) in [6, 6.07) is 8.25. The number of rotatable bonds is 4. The van der Waals surface area contributed by atoms with Crippen LogP contribution in [0, 0.1) is 6.92 Å². The van der Waals surface area contributed by atoms with E-state index in [9.17, 15) is 9.90 Å². The van der Waals surface area contributed by atoms with Crippen molar-refractivity contribution in [2.24, 2.45) is 0 Å². The predicted octanol–water partition coefficient (Wildman–Crippen LogP) is 2.84. The lowest BCUT2D eigenvalue weighted by Crippen LogP contribution is -2.48. The molecule has 1 unspecified atom stereocenters. The molecule has 0 radical (unpaired) electrons. The van der Waals surface area contributed by atoms with Gasteiger partial charge in [-0.05, 0) is 45.7 Å². The third-order valence-corrected chi connectivity index (χ3v) is 3.78. The Morgan fingerprint density at radius 2 is 2.05 bits per heavy atom. The van der Waals surface area contributed by atoms with Crippen LogP contribution in [-0.2, 0) is 9.53 Å². The lowest BCUT2D eigenvalue weighted by molar-refractivity contribution is -0.135. The van der Waals surface area contributed by atoms with Crippen molar-refractivity contribution >= 4 is 11.7 Å². The minimum atomic E-state index is -0.796. The van der Waals surface area contributed by atoms with E-state index in [-0.39, 0.29) is 18.2 Å². The maximum atomic E-state index is 11.2. The molecule has 1 heterocycles. The Labute approximate surface area is 120 Å². The van der Waals surface area contributed by atoms with Gasteiger partial charge in [-0.25, -0.2) is 0 Å². The number of carboxylic acid groups (broad SMARTS) is 1. The number of carbonyl (C=O) groups is 1. The van der Waals surface area contributed by atoms with E-state index in [1.54, 1.807) is 0 Å². The maximum absolute atomic E-state index is 11.2. The van der Waals surface area contributed by atoms with E-state index >= 15 is 0 Å². The Hall–Kier alpha value is -1.55. The van der Waals surface area contributed by atoms with Gasteiger partial charge in [0.1, 0.15) is 6.54 Å². The van der Waals surface area contributed by atoms with Crippen molar-refractivity contribution in [1.29, 1.82) is 0 Å². The number of nitrogens with zero attached hydrogens (tertiary/aromatic N) is 1. The third kappa shape index (κ3) is 3.73. The van der Waals surface area contributed by atoms with Crippen LogP contribution in [-0.4, -0.2) is 35.9 Å². The van der Waals surface area contributed by atoms with Crippen molar-refractivity contribution in [2.45, 2.75) is 45.3 Å². The van der Waals surface area contributed by atoms with Gasteiger partial charge >= 0.3 is 5.97 Å². The lowest BCUT2D eigenvalue weighted by atomic mass is 9.92. The Balaban J connectivity index is 2.23. The molecule has 0 saturated carbocycles. The molecule has 110 valence electrons. The zero-order valence-electron chi connectivity index (χ0n) is 12.4. The Bertz CT molecular complexity index is 467. The minimum Gasteiger partial charge on any atom is -0.480 e. The van der Waals surface area contributed by atoms with E-state index in [0.29, 0.717) is 6.61 Å². The van der Waals surface area contributed by atoms with Crippen LogP contribution in [0.4, 0.5) is 5.69 Å². The molecule has 4 heteroatoms. The topological polar surface area (TPSA) is 49.8 Å². The summed E-state index contributed by atoms with van der Waals surface area (Å²) >= 11 is 0. The van der Waals surface area contributed by atoms with E-state index in [1.165, 1.54) is 5.56 Å². The molecule has 0 aromatic heterocycles. The third-order valence-electron chi connectivity index (χ3n) is 3.78. The summed E-state index contributed by atoms with van der Waals surface area (Å²) in [4.78, 5) is 13.2. The Kier molecular flexibility index (Phi) is 4.33. The zero-order chi connectivity index (χ0) is 14.8. The highest BCUT2D eigenvalue weighted by atomic mass is 16.5. The number of hydrogen-bond acceptors (Lipinski definition) is 3. The number of aryl methyl sites for hydroxylation is 1. The average Bonchev–Trinajstić information content (AvgIpc) is 2.36. The quantitative estimate of drug-likeness (QED) is 0.919. The van der Waals surface area contributed by atoms with E-state index in [1.807, 2.05) is 36.1 Å². The summed E-state index contributed by atoms with van der Waals surface area (Å²) < 4.78 is 5.73. The number of hydrogen-bond donors (Lipinski definition) is 1. The van der Waals surface area contributed by atoms with Gasteiger partial charge in [0.25, 0.3) is 0 Å². The Morgan fingerprint density at radius 3 is 2.60 bits per heavy atom. The summed E-state index contributed by atoms with van der Waals surface area (Å²) in [6.45, 7) is 6.87. The van der Waals surface area contributed by atoms with Crippen LogP contribution >= 0.6 is 0 Å². The molecule has 1 fully saturated rings. The summed E-state index contributed by atoms with van der Waals surface area (Å²) in [5, 5.41) is 9.19. The predicted molar refractivity (Wildman–Crippen MR) is 79.2 cm³/mol. The van der Waals surface area contributed by atoms with Gasteiger partial charge in [0.15, 0.2) is 0 Å². The fraction of sp³-hybridized carbons (Fsp3) is 0.562. The van der Waals surface area contributed by atoms with E-state index in [2.05, 4.69) is 13.8 Å². The van der Waals surface area contributed by atoms with Crippen molar-refractivity contribution < 1.29 is 14.6 Å². The van der Waals surface area contributed by atoms with Gasteiger partial charge in [-0.2, -0.15) is 0 Å². The zero-order valence-corrected chi connectivity index (χ0v) is 12.4. The van der Waals surface area contributed by atoms with Gasteiger partial charge in [0.05, 0.1) is 5.60 Å². The fourth-order valence-corrected chi connectivity index (χ4v) is 2.78. The van der Waals surface area contributed by atoms with Gasteiger partial charge in [0.2, 0.25) is 0 Å². The number of anilines is 1. The minimum absolute atomic E-state index is 0.0316. The molecule has 4 nitrogen and oxygen atoms in total. The number of ether oxygens (including phenoxy) is 1. The second-order valence-corrected chi connectivity index (χ2v) is 6.11. The van der Waals surface area contributed by atoms with Crippen LogP contribution in [0.15, 0.2) is 24.3 Å². The largest absolute Gasteiger partial charge is 0.480 e. The number of aliphatic carboxylic acids is 1. The van der Waals surface area contributed by atoms with Crippen LogP contribution in [0.5, 0.6) is 0 Å². The van der Waals surface area contributed by atoms with E-state index in [0.717, 1.165) is 18.5 Å². The van der Waals surface area contributed by atoms with Gasteiger partial charge in [-0.3, -0.25) is 4.79 Å². The maximum Gasteiger partial charge on any atom is 0.323 e. The Morgan fingerprint density at radius 1 is 1.40 bits per heavy atom. The molecule has 1 aromatic carbocycles. The molecule has 1 N–H and O–H groups in total. The highest BCUT2D eigenvalue weighted by molar-refractivity contribution is 5.74. The smallest absolute Gasteiger partial charge is 0.323 e. The number of carboxylic acids is 1. The first kappa shape index (κ1) is 14.9. The molecule has 1 aromatic rings. The van der Waals surface area contributed by atoms with Gasteiger partial charge in [0, 0.05) is 18.3 Å². The molecular formula is C16H23NO3. The molecule has 0 bridgehead atoms. The fourth-order valence-electron chi connectivity index (χ4n) is 2.78. The molecule has 1 aliphatic heterocycles. The van der Waals surface area contributed by atoms with Gasteiger partial charge in [-0.1, -0.05) is 17.7 Å². The normalized spacial score (nSPS) is 21.4. The van der Waals surface area contributed by atoms with Crippen LogP contribution in [0.3, 0.4) is 0 Å². The first-order chi connectivity index (χ1) is 9.37.